The number of benzene rings is 1. The summed E-state index contributed by atoms with van der Waals surface area (Å²) >= 11 is 6.05. The molecule has 0 bridgehead atoms. The fraction of sp³-hybridized carbons (Fsp3) is 0.417. The first-order chi connectivity index (χ1) is 7.64. The van der Waals surface area contributed by atoms with Gasteiger partial charge in [0.1, 0.15) is 6.07 Å². The van der Waals surface area contributed by atoms with Gasteiger partial charge in [-0.3, -0.25) is 0 Å². The summed E-state index contributed by atoms with van der Waals surface area (Å²) in [4.78, 5) is 0. The minimum Gasteiger partial charge on any atom is -0.382 e. The fourth-order valence-corrected chi connectivity index (χ4v) is 1.89. The summed E-state index contributed by atoms with van der Waals surface area (Å²) in [6.07, 6.45) is 0. The Kier molecular flexibility index (Phi) is 3.04. The van der Waals surface area contributed by atoms with Crippen molar-refractivity contribution < 1.29 is 4.74 Å². The highest BCUT2D eigenvalue weighted by molar-refractivity contribution is 6.33. The molecule has 2 rings (SSSR count). The molecular weight excluding hydrogens is 224 g/mol. The first-order valence-corrected chi connectivity index (χ1v) is 5.53. The van der Waals surface area contributed by atoms with E-state index in [1.807, 2.05) is 0 Å². The zero-order valence-electron chi connectivity index (χ0n) is 9.09. The van der Waals surface area contributed by atoms with E-state index < -0.39 is 0 Å². The number of anilines is 1. The van der Waals surface area contributed by atoms with Crippen LogP contribution >= 0.6 is 11.6 Å². The van der Waals surface area contributed by atoms with Gasteiger partial charge in [0.25, 0.3) is 0 Å². The maximum Gasteiger partial charge on any atom is 0.101 e. The maximum absolute atomic E-state index is 8.97. The second-order valence-electron chi connectivity index (χ2n) is 4.43. The summed E-state index contributed by atoms with van der Waals surface area (Å²) in [5.41, 5.74) is 1.46. The zero-order chi connectivity index (χ0) is 11.6. The van der Waals surface area contributed by atoms with Crippen LogP contribution in [0.4, 0.5) is 5.69 Å². The molecule has 0 amide bonds. The second kappa shape index (κ2) is 4.32. The van der Waals surface area contributed by atoms with E-state index in [1.54, 1.807) is 18.2 Å². The molecule has 4 heteroatoms. The first kappa shape index (κ1) is 11.3. The molecule has 0 atom stereocenters. The van der Waals surface area contributed by atoms with Crippen LogP contribution in [0.2, 0.25) is 5.02 Å². The molecule has 3 nitrogen and oxygen atoms in total. The lowest BCUT2D eigenvalue weighted by Gasteiger charge is -2.38. The minimum absolute atomic E-state index is 0.159. The summed E-state index contributed by atoms with van der Waals surface area (Å²) in [7, 11) is 0. The van der Waals surface area contributed by atoms with Gasteiger partial charge in [-0.1, -0.05) is 24.6 Å². The fourth-order valence-electron chi connectivity index (χ4n) is 1.65. The Bertz CT molecular complexity index is 435. The predicted octanol–water partition coefficient (Wildman–Crippen LogP) is 2.66. The van der Waals surface area contributed by atoms with E-state index in [0.717, 1.165) is 25.4 Å². The minimum atomic E-state index is 0.159. The van der Waals surface area contributed by atoms with Gasteiger partial charge in [-0.2, -0.15) is 5.26 Å². The van der Waals surface area contributed by atoms with Gasteiger partial charge in [-0.05, 0) is 12.1 Å². The molecule has 0 unspecified atom stereocenters. The Hall–Kier alpha value is -1.24. The molecular formula is C12H13ClN2O. The zero-order valence-corrected chi connectivity index (χ0v) is 9.84. The van der Waals surface area contributed by atoms with Gasteiger partial charge in [0, 0.05) is 12.0 Å². The summed E-state index contributed by atoms with van der Waals surface area (Å²) in [6.45, 7) is 4.43. The van der Waals surface area contributed by atoms with E-state index in [4.69, 9.17) is 21.6 Å². The lowest BCUT2D eigenvalue weighted by Crippen LogP contribution is -2.45. The van der Waals surface area contributed by atoms with Crippen molar-refractivity contribution in [2.45, 2.75) is 6.92 Å². The highest BCUT2D eigenvalue weighted by Gasteiger charge is 2.33. The Morgan fingerprint density at radius 2 is 2.31 bits per heavy atom. The molecule has 1 aliphatic heterocycles. The number of ether oxygens (including phenoxy) is 1. The second-order valence-corrected chi connectivity index (χ2v) is 4.84. The maximum atomic E-state index is 8.97. The van der Waals surface area contributed by atoms with Crippen LogP contribution in [-0.4, -0.2) is 19.8 Å². The van der Waals surface area contributed by atoms with Crippen LogP contribution in [0.3, 0.4) is 0 Å². The van der Waals surface area contributed by atoms with E-state index in [-0.39, 0.29) is 5.41 Å². The van der Waals surface area contributed by atoms with Crippen LogP contribution in [0.5, 0.6) is 0 Å². The molecule has 0 spiro atoms. The van der Waals surface area contributed by atoms with E-state index in [0.29, 0.717) is 10.6 Å². The number of nitrogens with one attached hydrogen (secondary N) is 1. The number of hydrogen-bond acceptors (Lipinski definition) is 3. The highest BCUT2D eigenvalue weighted by atomic mass is 35.5. The van der Waals surface area contributed by atoms with Crippen molar-refractivity contribution in [1.29, 1.82) is 5.26 Å². The van der Waals surface area contributed by atoms with Crippen LogP contribution in [-0.2, 0) is 4.74 Å². The monoisotopic (exact) mass is 236 g/mol. The van der Waals surface area contributed by atoms with Crippen LogP contribution in [0.1, 0.15) is 12.5 Å². The molecule has 1 heterocycles. The third-order valence-electron chi connectivity index (χ3n) is 2.73. The van der Waals surface area contributed by atoms with Crippen molar-refractivity contribution in [3.63, 3.8) is 0 Å². The molecule has 84 valence electrons. The molecule has 16 heavy (non-hydrogen) atoms. The van der Waals surface area contributed by atoms with Gasteiger partial charge in [0.05, 0.1) is 29.5 Å². The normalized spacial score (nSPS) is 17.3. The van der Waals surface area contributed by atoms with Crippen LogP contribution < -0.4 is 5.32 Å². The van der Waals surface area contributed by atoms with Gasteiger partial charge in [0.2, 0.25) is 0 Å². The van der Waals surface area contributed by atoms with Crippen LogP contribution in [0.25, 0.3) is 0 Å². The van der Waals surface area contributed by atoms with Crippen molar-refractivity contribution in [1.82, 2.24) is 0 Å². The number of nitrogens with zero attached hydrogens (tertiary/aromatic N) is 1. The van der Waals surface area contributed by atoms with Crippen molar-refractivity contribution in [3.05, 3.63) is 28.8 Å². The summed E-state index contributed by atoms with van der Waals surface area (Å²) < 4.78 is 5.18. The molecule has 1 saturated heterocycles. The van der Waals surface area contributed by atoms with Gasteiger partial charge in [-0.25, -0.2) is 0 Å². The number of hydrogen-bond donors (Lipinski definition) is 1. The highest BCUT2D eigenvalue weighted by Crippen LogP contribution is 2.30. The topological polar surface area (TPSA) is 45.0 Å². The molecule has 0 saturated carbocycles. The van der Waals surface area contributed by atoms with E-state index in [1.165, 1.54) is 0 Å². The van der Waals surface area contributed by atoms with Gasteiger partial charge in [0.15, 0.2) is 0 Å². The van der Waals surface area contributed by atoms with Crippen molar-refractivity contribution in [2.24, 2.45) is 5.41 Å². The number of rotatable bonds is 3. The van der Waals surface area contributed by atoms with Crippen molar-refractivity contribution in [3.8, 4) is 6.07 Å². The van der Waals surface area contributed by atoms with Crippen LogP contribution in [0, 0.1) is 16.7 Å². The Balaban J connectivity index is 2.12. The van der Waals surface area contributed by atoms with Crippen LogP contribution in [0.15, 0.2) is 18.2 Å². The molecule has 1 N–H and O–H groups in total. The molecule has 0 aromatic heterocycles. The number of nitriles is 1. The lowest BCUT2D eigenvalue weighted by atomic mass is 9.88. The lowest BCUT2D eigenvalue weighted by molar-refractivity contribution is -0.0924. The molecule has 0 radical (unpaired) electrons. The van der Waals surface area contributed by atoms with Crippen molar-refractivity contribution >= 4 is 17.3 Å². The third-order valence-corrected chi connectivity index (χ3v) is 3.04. The number of para-hydroxylation sites is 1. The van der Waals surface area contributed by atoms with Crippen molar-refractivity contribution in [2.75, 3.05) is 25.1 Å². The average molecular weight is 237 g/mol. The average Bonchev–Trinajstić information content (AvgIpc) is 2.24. The van der Waals surface area contributed by atoms with Gasteiger partial charge in [-0.15, -0.1) is 0 Å². The molecule has 1 aromatic rings. The Morgan fingerprint density at radius 1 is 1.56 bits per heavy atom. The van der Waals surface area contributed by atoms with E-state index >= 15 is 0 Å². The molecule has 1 fully saturated rings. The standard InChI is InChI=1S/C12H13ClN2O/c1-12(7-16-8-12)6-15-11-9(5-14)3-2-4-10(11)13/h2-4,15H,6-8H2,1H3. The summed E-state index contributed by atoms with van der Waals surface area (Å²) in [5, 5.41) is 12.8. The quantitative estimate of drug-likeness (QED) is 0.878. The largest absolute Gasteiger partial charge is 0.382 e. The first-order valence-electron chi connectivity index (χ1n) is 5.15. The smallest absolute Gasteiger partial charge is 0.101 e. The summed E-state index contributed by atoms with van der Waals surface area (Å²) in [5.74, 6) is 0. The Morgan fingerprint density at radius 3 is 2.88 bits per heavy atom. The van der Waals surface area contributed by atoms with E-state index in [2.05, 4.69) is 18.3 Å². The molecule has 1 aliphatic rings. The SMILES string of the molecule is CC1(CNc2c(Cl)cccc2C#N)COC1. The molecule has 0 aliphatic carbocycles. The number of halogens is 1. The third kappa shape index (κ3) is 2.13. The van der Waals surface area contributed by atoms with Gasteiger partial charge >= 0.3 is 0 Å². The van der Waals surface area contributed by atoms with Gasteiger partial charge < -0.3 is 10.1 Å². The predicted molar refractivity (Wildman–Crippen MR) is 63.6 cm³/mol. The summed E-state index contributed by atoms with van der Waals surface area (Å²) in [6, 6.07) is 7.45. The molecule has 1 aromatic carbocycles. The Labute approximate surface area is 100.0 Å². The van der Waals surface area contributed by atoms with E-state index in [9.17, 15) is 0 Å².